The first-order chi connectivity index (χ1) is 13.4. The minimum Gasteiger partial charge on any atom is -0.475 e. The van der Waals surface area contributed by atoms with Gasteiger partial charge >= 0.3 is 6.09 Å². The fourth-order valence-electron chi connectivity index (χ4n) is 2.46. The second-order valence-corrected chi connectivity index (χ2v) is 6.36. The number of nitro benzene ring substituents is 1. The fraction of sp³-hybridized carbons (Fsp3) is 0.350. The summed E-state index contributed by atoms with van der Waals surface area (Å²) in [4.78, 5) is 23.2. The zero-order valence-electron chi connectivity index (χ0n) is 16.3. The van der Waals surface area contributed by atoms with Crippen molar-refractivity contribution in [2.24, 2.45) is 0 Å². The van der Waals surface area contributed by atoms with E-state index in [-0.39, 0.29) is 11.9 Å². The molecule has 0 heterocycles. The topological polar surface area (TPSA) is 93.9 Å². The highest BCUT2D eigenvalue weighted by Gasteiger charge is 2.12. The van der Waals surface area contributed by atoms with Crippen LogP contribution in [0.5, 0.6) is 11.5 Å². The van der Waals surface area contributed by atoms with E-state index >= 15 is 0 Å². The van der Waals surface area contributed by atoms with Gasteiger partial charge in [0, 0.05) is 32.6 Å². The molecule has 0 aromatic heterocycles. The molecule has 1 atom stereocenters. The number of amides is 1. The van der Waals surface area contributed by atoms with Gasteiger partial charge in [-0.3, -0.25) is 15.4 Å². The Labute approximate surface area is 164 Å². The third-order valence-corrected chi connectivity index (χ3v) is 3.95. The molecule has 1 unspecified atom stereocenters. The number of nitrogens with zero attached hydrogens (tertiary/aromatic N) is 2. The quantitative estimate of drug-likeness (QED) is 0.401. The number of hydrogen-bond donors (Lipinski definition) is 1. The summed E-state index contributed by atoms with van der Waals surface area (Å²) in [5.41, 5.74) is 1.11. The van der Waals surface area contributed by atoms with E-state index in [1.165, 1.54) is 17.0 Å². The molecule has 2 aromatic rings. The van der Waals surface area contributed by atoms with Crippen molar-refractivity contribution < 1.29 is 19.2 Å². The first kappa shape index (κ1) is 21.2. The van der Waals surface area contributed by atoms with E-state index in [1.54, 1.807) is 38.4 Å². The highest BCUT2D eigenvalue weighted by Crippen LogP contribution is 2.20. The summed E-state index contributed by atoms with van der Waals surface area (Å²) >= 11 is 0. The Morgan fingerprint density at radius 2 is 1.71 bits per heavy atom. The molecule has 0 bridgehead atoms. The Morgan fingerprint density at radius 1 is 1.11 bits per heavy atom. The molecule has 0 spiro atoms. The molecule has 0 saturated heterocycles. The summed E-state index contributed by atoms with van der Waals surface area (Å²) in [6.45, 7) is 2.72. The van der Waals surface area contributed by atoms with Crippen LogP contribution < -0.4 is 14.8 Å². The lowest BCUT2D eigenvalue weighted by Gasteiger charge is -2.20. The average Bonchev–Trinajstić information content (AvgIpc) is 2.67. The maximum atomic E-state index is 11.6. The second kappa shape index (κ2) is 10.3. The van der Waals surface area contributed by atoms with Crippen LogP contribution >= 0.6 is 0 Å². The highest BCUT2D eigenvalue weighted by atomic mass is 16.6. The molecule has 0 aliphatic rings. The lowest BCUT2D eigenvalue weighted by molar-refractivity contribution is -0.384. The smallest absolute Gasteiger partial charge is 0.414 e. The Kier molecular flexibility index (Phi) is 7.76. The molecule has 28 heavy (non-hydrogen) atoms. The molecular formula is C20H25N3O5. The lowest BCUT2D eigenvalue weighted by Crippen LogP contribution is -2.34. The number of hydrogen-bond acceptors (Lipinski definition) is 6. The van der Waals surface area contributed by atoms with Gasteiger partial charge in [0.05, 0.1) is 4.92 Å². The van der Waals surface area contributed by atoms with Gasteiger partial charge in [0.1, 0.15) is 11.5 Å². The van der Waals surface area contributed by atoms with E-state index in [0.717, 1.165) is 18.5 Å². The number of nitrogens with one attached hydrogen (secondary N) is 1. The van der Waals surface area contributed by atoms with Crippen molar-refractivity contribution in [2.45, 2.75) is 26.0 Å². The standard InChI is InChI=1S/C20H25N3O5/c1-4-21-19(27-17-12-8-16(9-13-17)23(25)26)14-7-15-5-10-18(11-6-15)28-20(24)22(2)3/h5-6,8-13,19,21H,4,7,14H2,1-3H3. The molecule has 2 rings (SSSR count). The van der Waals surface area contributed by atoms with Crippen LogP contribution in [0.3, 0.4) is 0 Å². The van der Waals surface area contributed by atoms with Gasteiger partial charge in [-0.15, -0.1) is 0 Å². The zero-order valence-corrected chi connectivity index (χ0v) is 16.3. The van der Waals surface area contributed by atoms with E-state index in [1.807, 2.05) is 19.1 Å². The monoisotopic (exact) mass is 387 g/mol. The predicted molar refractivity (Wildman–Crippen MR) is 106 cm³/mol. The van der Waals surface area contributed by atoms with Crippen molar-refractivity contribution >= 4 is 11.8 Å². The van der Waals surface area contributed by atoms with Crippen LogP contribution in [0, 0.1) is 10.1 Å². The molecule has 1 amide bonds. The Balaban J connectivity index is 1.91. The Hall–Kier alpha value is -3.13. The summed E-state index contributed by atoms with van der Waals surface area (Å²) in [7, 11) is 3.25. The van der Waals surface area contributed by atoms with E-state index in [0.29, 0.717) is 17.9 Å². The van der Waals surface area contributed by atoms with Crippen LogP contribution in [0.4, 0.5) is 10.5 Å². The minimum absolute atomic E-state index is 0.0300. The summed E-state index contributed by atoms with van der Waals surface area (Å²) in [6.07, 6.45) is 0.822. The third-order valence-electron chi connectivity index (χ3n) is 3.95. The van der Waals surface area contributed by atoms with Crippen molar-refractivity contribution in [1.82, 2.24) is 10.2 Å². The molecule has 0 saturated carbocycles. The molecule has 8 nitrogen and oxygen atoms in total. The second-order valence-electron chi connectivity index (χ2n) is 6.36. The van der Waals surface area contributed by atoms with Crippen LogP contribution in [0.15, 0.2) is 48.5 Å². The van der Waals surface area contributed by atoms with Gasteiger partial charge in [0.25, 0.3) is 5.69 Å². The molecule has 0 aliphatic heterocycles. The SMILES string of the molecule is CCNC(CCc1ccc(OC(=O)N(C)C)cc1)Oc1ccc([N+](=O)[O-])cc1. The number of carbonyl (C=O) groups is 1. The third kappa shape index (κ3) is 6.55. The summed E-state index contributed by atoms with van der Waals surface area (Å²) in [5.74, 6) is 1.07. The minimum atomic E-state index is -0.439. The highest BCUT2D eigenvalue weighted by molar-refractivity contribution is 5.69. The van der Waals surface area contributed by atoms with Crippen molar-refractivity contribution in [3.05, 3.63) is 64.2 Å². The largest absolute Gasteiger partial charge is 0.475 e. The van der Waals surface area contributed by atoms with Gasteiger partial charge < -0.3 is 14.4 Å². The van der Waals surface area contributed by atoms with Crippen molar-refractivity contribution in [3.8, 4) is 11.5 Å². The Bertz CT molecular complexity index is 775. The van der Waals surface area contributed by atoms with Crippen LogP contribution in [-0.2, 0) is 6.42 Å². The first-order valence-corrected chi connectivity index (χ1v) is 9.01. The van der Waals surface area contributed by atoms with Gasteiger partial charge in [-0.25, -0.2) is 4.79 Å². The lowest BCUT2D eigenvalue weighted by atomic mass is 10.1. The number of rotatable bonds is 9. The molecule has 0 radical (unpaired) electrons. The summed E-state index contributed by atoms with van der Waals surface area (Å²) in [5, 5.41) is 14.0. The predicted octanol–water partition coefficient (Wildman–Crippen LogP) is 3.60. The van der Waals surface area contributed by atoms with Crippen LogP contribution in [0.1, 0.15) is 18.9 Å². The number of carbonyl (C=O) groups excluding carboxylic acids is 1. The van der Waals surface area contributed by atoms with E-state index in [4.69, 9.17) is 9.47 Å². The normalized spacial score (nSPS) is 11.5. The van der Waals surface area contributed by atoms with Crippen molar-refractivity contribution in [1.29, 1.82) is 0 Å². The van der Waals surface area contributed by atoms with E-state index in [2.05, 4.69) is 5.32 Å². The molecule has 1 N–H and O–H groups in total. The molecule has 2 aromatic carbocycles. The molecule has 8 heteroatoms. The zero-order chi connectivity index (χ0) is 20.5. The molecular weight excluding hydrogens is 362 g/mol. The van der Waals surface area contributed by atoms with Gasteiger partial charge in [0.2, 0.25) is 0 Å². The molecule has 150 valence electrons. The average molecular weight is 387 g/mol. The maximum absolute atomic E-state index is 11.6. The van der Waals surface area contributed by atoms with Crippen molar-refractivity contribution in [3.63, 3.8) is 0 Å². The number of aryl methyl sites for hydroxylation is 1. The number of non-ortho nitro benzene ring substituents is 1. The molecule has 0 fully saturated rings. The van der Waals surface area contributed by atoms with Crippen molar-refractivity contribution in [2.75, 3.05) is 20.6 Å². The van der Waals surface area contributed by atoms with Gasteiger partial charge in [0.15, 0.2) is 6.23 Å². The molecule has 0 aliphatic carbocycles. The Morgan fingerprint density at radius 3 is 2.25 bits per heavy atom. The van der Waals surface area contributed by atoms with Gasteiger partial charge in [-0.2, -0.15) is 0 Å². The van der Waals surface area contributed by atoms with Crippen LogP contribution in [0.2, 0.25) is 0 Å². The van der Waals surface area contributed by atoms with Gasteiger partial charge in [-0.05, 0) is 42.8 Å². The summed E-state index contributed by atoms with van der Waals surface area (Å²) < 4.78 is 11.1. The number of ether oxygens (including phenoxy) is 2. The number of benzene rings is 2. The van der Waals surface area contributed by atoms with E-state index < -0.39 is 11.0 Å². The summed E-state index contributed by atoms with van der Waals surface area (Å²) in [6, 6.07) is 13.4. The number of nitro groups is 1. The van der Waals surface area contributed by atoms with Crippen LogP contribution in [0.25, 0.3) is 0 Å². The van der Waals surface area contributed by atoms with E-state index in [9.17, 15) is 14.9 Å². The maximum Gasteiger partial charge on any atom is 0.414 e. The first-order valence-electron chi connectivity index (χ1n) is 9.01. The van der Waals surface area contributed by atoms with Crippen LogP contribution in [-0.4, -0.2) is 42.8 Å². The fourth-order valence-corrected chi connectivity index (χ4v) is 2.46. The van der Waals surface area contributed by atoms with Gasteiger partial charge in [-0.1, -0.05) is 19.1 Å².